The zero-order valence-corrected chi connectivity index (χ0v) is 17.0. The van der Waals surface area contributed by atoms with Crippen molar-refractivity contribution in [1.82, 2.24) is 0 Å². The highest BCUT2D eigenvalue weighted by Crippen LogP contribution is 1.99. The standard InChI is InChI=1S/C20H22I2/c1(3-11-17-21-19-13-7-5-8-14-19)2-4-12-18-22-20-15-9-6-10-16-20/h5-18H,1-4H2/q+2/b17-11+,18-12+. The molecule has 0 N–H and O–H groups in total. The smallest absolute Gasteiger partial charge is 0.0619 e. The maximum atomic E-state index is 2.41. The second-order valence-corrected chi connectivity index (χ2v) is 9.99. The predicted octanol–water partition coefficient (Wildman–Crippen LogP) is -0.508. The van der Waals surface area contributed by atoms with E-state index in [0.717, 1.165) is 0 Å². The summed E-state index contributed by atoms with van der Waals surface area (Å²) in [5, 5.41) is 0. The van der Waals surface area contributed by atoms with E-state index in [1.54, 1.807) is 0 Å². The van der Waals surface area contributed by atoms with Gasteiger partial charge in [-0.2, -0.15) is 0 Å². The van der Waals surface area contributed by atoms with Crippen LogP contribution in [0.15, 0.2) is 81.0 Å². The van der Waals surface area contributed by atoms with Crippen molar-refractivity contribution in [2.24, 2.45) is 0 Å². The molecule has 0 saturated carbocycles. The predicted molar refractivity (Wildman–Crippen MR) is 87.0 cm³/mol. The van der Waals surface area contributed by atoms with Gasteiger partial charge in [-0.05, 0) is 62.1 Å². The fourth-order valence-corrected chi connectivity index (χ4v) is 5.58. The van der Waals surface area contributed by atoms with E-state index in [4.69, 9.17) is 0 Å². The molecule has 0 aliphatic rings. The van der Waals surface area contributed by atoms with Gasteiger partial charge < -0.3 is 0 Å². The van der Waals surface area contributed by atoms with Crippen LogP contribution in [-0.2, 0) is 0 Å². The highest BCUT2D eigenvalue weighted by atomic mass is 127. The third-order valence-electron chi connectivity index (χ3n) is 3.01. The monoisotopic (exact) mass is 516 g/mol. The van der Waals surface area contributed by atoms with Gasteiger partial charge >= 0.3 is 42.4 Å². The van der Waals surface area contributed by atoms with Crippen molar-refractivity contribution in [3.8, 4) is 0 Å². The van der Waals surface area contributed by atoms with Crippen LogP contribution in [0.5, 0.6) is 0 Å². The largest absolute Gasteiger partial charge is 0.349 e. The second-order valence-electron chi connectivity index (χ2n) is 4.82. The summed E-state index contributed by atoms with van der Waals surface area (Å²) in [6, 6.07) is 21.6. The molecule has 0 unspecified atom stereocenters. The van der Waals surface area contributed by atoms with E-state index in [0.29, 0.717) is 0 Å². The molecule has 0 aliphatic heterocycles. The number of halogens is 2. The van der Waals surface area contributed by atoms with Gasteiger partial charge in [0.1, 0.15) is 0 Å². The van der Waals surface area contributed by atoms with Crippen LogP contribution in [0.25, 0.3) is 0 Å². The molecular weight excluding hydrogens is 494 g/mol. The Labute approximate surface area is 155 Å². The zero-order valence-electron chi connectivity index (χ0n) is 12.7. The van der Waals surface area contributed by atoms with Crippen molar-refractivity contribution in [2.45, 2.75) is 25.7 Å². The van der Waals surface area contributed by atoms with Crippen molar-refractivity contribution in [3.05, 3.63) is 88.1 Å². The van der Waals surface area contributed by atoms with Crippen LogP contribution in [0.1, 0.15) is 25.7 Å². The summed E-state index contributed by atoms with van der Waals surface area (Å²) < 4.78 is 7.83. The van der Waals surface area contributed by atoms with Gasteiger partial charge in [-0.15, -0.1) is 0 Å². The highest BCUT2D eigenvalue weighted by Gasteiger charge is 2.05. The summed E-state index contributed by atoms with van der Waals surface area (Å²) in [7, 11) is 0. The minimum Gasteiger partial charge on any atom is -0.0619 e. The van der Waals surface area contributed by atoms with Gasteiger partial charge in [-0.25, -0.2) is 0 Å². The van der Waals surface area contributed by atoms with E-state index < -0.39 is 0 Å². The van der Waals surface area contributed by atoms with E-state index in [9.17, 15) is 0 Å². The molecule has 2 aromatic carbocycles. The molecule has 0 heterocycles. The molecule has 0 radical (unpaired) electrons. The first-order chi connectivity index (χ1) is 10.9. The Morgan fingerprint density at radius 1 is 0.591 bits per heavy atom. The third-order valence-corrected chi connectivity index (χ3v) is 7.63. The van der Waals surface area contributed by atoms with Gasteiger partial charge in [-0.3, -0.25) is 0 Å². The summed E-state index contributed by atoms with van der Waals surface area (Å²) in [5.74, 6) is 0. The SMILES string of the molecule is C(=C\[I+]c1ccccc1)/CCCC/C=C/[I+]c1ccccc1. The lowest BCUT2D eigenvalue weighted by Crippen LogP contribution is -3.59. The maximum Gasteiger partial charge on any atom is 0.349 e. The number of benzene rings is 2. The molecule has 2 heteroatoms. The second kappa shape index (κ2) is 11.9. The lowest BCUT2D eigenvalue weighted by atomic mass is 10.2. The van der Waals surface area contributed by atoms with Gasteiger partial charge in [0.15, 0.2) is 15.3 Å². The molecule has 0 amide bonds. The van der Waals surface area contributed by atoms with Crippen LogP contribution in [0.3, 0.4) is 0 Å². The molecular formula is C20H22I2+2. The lowest BCUT2D eigenvalue weighted by Gasteiger charge is -1.89. The summed E-state index contributed by atoms with van der Waals surface area (Å²) >= 11 is 0.157. The Balaban J connectivity index is 1.49. The molecule has 0 saturated heterocycles. The van der Waals surface area contributed by atoms with Crippen LogP contribution in [0.4, 0.5) is 0 Å². The Hall–Kier alpha value is -0.620. The van der Waals surface area contributed by atoms with Gasteiger partial charge in [0.25, 0.3) is 0 Å². The van der Waals surface area contributed by atoms with E-state index in [1.165, 1.54) is 32.8 Å². The number of allylic oxidation sites excluding steroid dienone is 2. The lowest BCUT2D eigenvalue weighted by molar-refractivity contribution is -0.557. The molecule has 0 aliphatic carbocycles. The fraction of sp³-hybridized carbons (Fsp3) is 0.200. The first kappa shape index (κ1) is 17.7. The number of unbranched alkanes of at least 4 members (excludes halogenated alkanes) is 3. The van der Waals surface area contributed by atoms with Crippen molar-refractivity contribution in [2.75, 3.05) is 0 Å². The van der Waals surface area contributed by atoms with Gasteiger partial charge in [0.05, 0.1) is 0 Å². The van der Waals surface area contributed by atoms with Crippen LogP contribution in [0, 0.1) is 7.14 Å². The Kier molecular flexibility index (Phi) is 9.58. The molecule has 0 nitrogen and oxygen atoms in total. The molecule has 0 spiro atoms. The van der Waals surface area contributed by atoms with Crippen molar-refractivity contribution >= 4 is 0 Å². The van der Waals surface area contributed by atoms with Gasteiger partial charge in [0.2, 0.25) is 0 Å². The molecule has 0 aromatic heterocycles. The molecule has 2 aromatic rings. The molecule has 0 bridgehead atoms. The van der Waals surface area contributed by atoms with Crippen LogP contribution in [-0.4, -0.2) is 0 Å². The summed E-state index contributed by atoms with van der Waals surface area (Å²) in [6.45, 7) is 0. The van der Waals surface area contributed by atoms with Crippen LogP contribution < -0.4 is 42.4 Å². The van der Waals surface area contributed by atoms with E-state index in [1.807, 2.05) is 0 Å². The third kappa shape index (κ3) is 8.13. The number of rotatable bonds is 9. The Morgan fingerprint density at radius 3 is 1.41 bits per heavy atom. The van der Waals surface area contributed by atoms with E-state index in [-0.39, 0.29) is 42.4 Å². The van der Waals surface area contributed by atoms with Crippen molar-refractivity contribution in [3.63, 3.8) is 0 Å². The zero-order chi connectivity index (χ0) is 15.3. The first-order valence-corrected chi connectivity index (χ1v) is 12.3. The Morgan fingerprint density at radius 2 is 1.00 bits per heavy atom. The van der Waals surface area contributed by atoms with Gasteiger partial charge in [-0.1, -0.05) is 36.4 Å². The first-order valence-electron chi connectivity index (χ1n) is 7.62. The average Bonchev–Trinajstić information content (AvgIpc) is 2.58. The summed E-state index contributed by atoms with van der Waals surface area (Å²) in [5.41, 5.74) is 0. The minimum absolute atomic E-state index is 0.0783. The molecule has 22 heavy (non-hydrogen) atoms. The average molecular weight is 516 g/mol. The highest BCUT2D eigenvalue weighted by molar-refractivity contribution is 5.00. The topological polar surface area (TPSA) is 0 Å². The van der Waals surface area contributed by atoms with E-state index >= 15 is 0 Å². The fourth-order valence-electron chi connectivity index (χ4n) is 1.86. The molecule has 114 valence electrons. The normalized spacial score (nSPS) is 11.5. The quantitative estimate of drug-likeness (QED) is 0.312. The molecule has 0 atom stereocenters. The number of hydrogen-bond donors (Lipinski definition) is 0. The Bertz CT molecular complexity index is 505. The van der Waals surface area contributed by atoms with Crippen molar-refractivity contribution < 1.29 is 42.4 Å². The summed E-state index contributed by atoms with van der Waals surface area (Å²) in [6.07, 6.45) is 9.83. The molecule has 0 fully saturated rings. The van der Waals surface area contributed by atoms with Crippen LogP contribution >= 0.6 is 0 Å². The van der Waals surface area contributed by atoms with Gasteiger partial charge in [0, 0.05) is 0 Å². The molecule has 2 rings (SSSR count). The van der Waals surface area contributed by atoms with E-state index in [2.05, 4.69) is 81.0 Å². The van der Waals surface area contributed by atoms with Crippen LogP contribution in [0.2, 0.25) is 0 Å². The van der Waals surface area contributed by atoms with Crippen molar-refractivity contribution in [1.29, 1.82) is 0 Å². The maximum absolute atomic E-state index is 2.41. The number of hydrogen-bond acceptors (Lipinski definition) is 0. The minimum atomic E-state index is 0.0783. The summed E-state index contributed by atoms with van der Waals surface area (Å²) in [4.78, 5) is 0.